The first-order valence-electron chi connectivity index (χ1n) is 10.5. The standard InChI is InChI=1S/C21H31N3O5/c1-4-27-18-11-16-10-15(3)29-19(16)12-17(18)13-22-20(25)14-23-6-8-24(9-7-23)21(26)28-5-2/h11-12,15H,4-10,13-14H2,1-3H3,(H,22,25)/p+1/t15-/m0/s1. The predicted octanol–water partition coefficient (Wildman–Crippen LogP) is 0.382. The average molecular weight is 407 g/mol. The van der Waals surface area contributed by atoms with Crippen molar-refractivity contribution in [3.63, 3.8) is 0 Å². The van der Waals surface area contributed by atoms with Crippen LogP contribution < -0.4 is 19.7 Å². The van der Waals surface area contributed by atoms with E-state index in [2.05, 4.69) is 5.32 Å². The maximum Gasteiger partial charge on any atom is 0.410 e. The number of benzene rings is 1. The van der Waals surface area contributed by atoms with Gasteiger partial charge in [0.05, 0.1) is 39.4 Å². The van der Waals surface area contributed by atoms with Crippen LogP contribution in [0.5, 0.6) is 11.5 Å². The van der Waals surface area contributed by atoms with Crippen LogP contribution in [0.15, 0.2) is 12.1 Å². The van der Waals surface area contributed by atoms with Gasteiger partial charge in [-0.25, -0.2) is 4.79 Å². The van der Waals surface area contributed by atoms with E-state index in [1.807, 2.05) is 26.0 Å². The van der Waals surface area contributed by atoms with E-state index in [0.29, 0.717) is 39.4 Å². The first kappa shape index (κ1) is 21.2. The molecule has 160 valence electrons. The van der Waals surface area contributed by atoms with Crippen molar-refractivity contribution >= 4 is 12.0 Å². The maximum absolute atomic E-state index is 12.4. The summed E-state index contributed by atoms with van der Waals surface area (Å²) in [5, 5.41) is 3.00. The fourth-order valence-corrected chi connectivity index (χ4v) is 3.79. The number of nitrogens with zero attached hydrogens (tertiary/aromatic N) is 1. The molecule has 2 N–H and O–H groups in total. The van der Waals surface area contributed by atoms with E-state index >= 15 is 0 Å². The topological polar surface area (TPSA) is 81.5 Å². The molecule has 0 aliphatic carbocycles. The Morgan fingerprint density at radius 1 is 1.24 bits per heavy atom. The molecule has 0 aromatic heterocycles. The molecule has 8 nitrogen and oxygen atoms in total. The second-order valence-corrected chi connectivity index (χ2v) is 7.52. The number of quaternary nitrogens is 1. The molecule has 0 bridgehead atoms. The second kappa shape index (κ2) is 9.82. The highest BCUT2D eigenvalue weighted by molar-refractivity contribution is 5.77. The fourth-order valence-electron chi connectivity index (χ4n) is 3.79. The van der Waals surface area contributed by atoms with E-state index in [9.17, 15) is 9.59 Å². The van der Waals surface area contributed by atoms with Crippen molar-refractivity contribution in [3.8, 4) is 11.5 Å². The molecule has 8 heteroatoms. The molecule has 2 aliphatic heterocycles. The number of amides is 2. The highest BCUT2D eigenvalue weighted by atomic mass is 16.6. The molecular formula is C21H32N3O5+. The van der Waals surface area contributed by atoms with Gasteiger partial charge in [-0.05, 0) is 32.9 Å². The van der Waals surface area contributed by atoms with Crippen molar-refractivity contribution in [2.45, 2.75) is 39.8 Å². The Hall–Kier alpha value is -2.48. The van der Waals surface area contributed by atoms with Crippen LogP contribution in [0.25, 0.3) is 0 Å². The van der Waals surface area contributed by atoms with Crippen LogP contribution in [0.3, 0.4) is 0 Å². The summed E-state index contributed by atoms with van der Waals surface area (Å²) in [6, 6.07) is 4.01. The third kappa shape index (κ3) is 5.53. The van der Waals surface area contributed by atoms with E-state index in [1.54, 1.807) is 11.8 Å². The smallest absolute Gasteiger partial charge is 0.410 e. The number of nitrogens with one attached hydrogen (secondary N) is 2. The summed E-state index contributed by atoms with van der Waals surface area (Å²) in [4.78, 5) is 27.1. The minimum absolute atomic E-state index is 0.0122. The lowest BCUT2D eigenvalue weighted by molar-refractivity contribution is -0.896. The van der Waals surface area contributed by atoms with Crippen LogP contribution in [0.2, 0.25) is 0 Å². The molecule has 29 heavy (non-hydrogen) atoms. The van der Waals surface area contributed by atoms with Gasteiger partial charge in [-0.2, -0.15) is 0 Å². The van der Waals surface area contributed by atoms with E-state index in [4.69, 9.17) is 14.2 Å². The van der Waals surface area contributed by atoms with E-state index < -0.39 is 0 Å². The monoisotopic (exact) mass is 406 g/mol. The Bertz CT molecular complexity index is 731. The van der Waals surface area contributed by atoms with Gasteiger partial charge in [-0.15, -0.1) is 0 Å². The molecule has 0 unspecified atom stereocenters. The zero-order chi connectivity index (χ0) is 20.8. The number of rotatable bonds is 7. The van der Waals surface area contributed by atoms with Crippen LogP contribution in [0.1, 0.15) is 31.9 Å². The molecule has 1 saturated heterocycles. The highest BCUT2D eigenvalue weighted by Gasteiger charge is 2.26. The number of fused-ring (bicyclic) bond motifs is 1. The minimum Gasteiger partial charge on any atom is -0.494 e. The lowest BCUT2D eigenvalue weighted by atomic mass is 10.1. The number of hydrogen-bond donors (Lipinski definition) is 2. The van der Waals surface area contributed by atoms with Gasteiger partial charge in [0.25, 0.3) is 5.91 Å². The first-order chi connectivity index (χ1) is 14.0. The third-order valence-corrected chi connectivity index (χ3v) is 5.26. The van der Waals surface area contributed by atoms with Gasteiger partial charge in [0.1, 0.15) is 17.6 Å². The molecule has 1 aromatic carbocycles. The summed E-state index contributed by atoms with van der Waals surface area (Å²) in [6.07, 6.45) is 0.775. The zero-order valence-corrected chi connectivity index (χ0v) is 17.6. The van der Waals surface area contributed by atoms with Crippen molar-refractivity contribution in [1.82, 2.24) is 10.2 Å². The second-order valence-electron chi connectivity index (χ2n) is 7.52. The molecule has 0 radical (unpaired) electrons. The predicted molar refractivity (Wildman–Crippen MR) is 107 cm³/mol. The van der Waals surface area contributed by atoms with Crippen LogP contribution in [0.4, 0.5) is 4.79 Å². The Morgan fingerprint density at radius 2 is 2.00 bits per heavy atom. The average Bonchev–Trinajstić information content (AvgIpc) is 3.06. The largest absolute Gasteiger partial charge is 0.494 e. The maximum atomic E-state index is 12.4. The van der Waals surface area contributed by atoms with Crippen molar-refractivity contribution in [3.05, 3.63) is 23.3 Å². The Balaban J connectivity index is 1.50. The Labute approximate surface area is 172 Å². The summed E-state index contributed by atoms with van der Waals surface area (Å²) >= 11 is 0. The lowest BCUT2D eigenvalue weighted by Gasteiger charge is -2.31. The van der Waals surface area contributed by atoms with Crippen molar-refractivity contribution < 1.29 is 28.7 Å². The molecule has 2 amide bonds. The van der Waals surface area contributed by atoms with Crippen molar-refractivity contribution in [1.29, 1.82) is 0 Å². The molecule has 2 aliphatic rings. The molecule has 0 spiro atoms. The number of carbonyl (C=O) groups is 2. The molecule has 1 atom stereocenters. The Morgan fingerprint density at radius 3 is 2.69 bits per heavy atom. The number of piperazine rings is 1. The van der Waals surface area contributed by atoms with Gasteiger partial charge in [-0.3, -0.25) is 9.69 Å². The molecule has 0 saturated carbocycles. The van der Waals surface area contributed by atoms with Crippen LogP contribution in [0, 0.1) is 0 Å². The lowest BCUT2D eigenvalue weighted by Crippen LogP contribution is -3.15. The molecule has 2 heterocycles. The summed E-state index contributed by atoms with van der Waals surface area (Å²) in [5.74, 6) is 1.67. The van der Waals surface area contributed by atoms with Crippen LogP contribution >= 0.6 is 0 Å². The molecular weight excluding hydrogens is 374 g/mol. The normalized spacial score (nSPS) is 18.7. The summed E-state index contributed by atoms with van der Waals surface area (Å²) in [5.41, 5.74) is 2.08. The van der Waals surface area contributed by atoms with Gasteiger partial charge in [0.15, 0.2) is 6.54 Å². The van der Waals surface area contributed by atoms with Crippen LogP contribution in [-0.2, 0) is 22.5 Å². The van der Waals surface area contributed by atoms with Crippen molar-refractivity contribution in [2.24, 2.45) is 0 Å². The van der Waals surface area contributed by atoms with Gasteiger partial charge in [0, 0.05) is 24.1 Å². The van der Waals surface area contributed by atoms with E-state index in [-0.39, 0.29) is 18.1 Å². The van der Waals surface area contributed by atoms with Crippen LogP contribution in [-0.4, -0.2) is 68.9 Å². The summed E-state index contributed by atoms with van der Waals surface area (Å²) in [6.45, 7) is 10.2. The van der Waals surface area contributed by atoms with E-state index in [1.165, 1.54) is 4.90 Å². The molecule has 1 aromatic rings. The van der Waals surface area contributed by atoms with Gasteiger partial charge in [0.2, 0.25) is 0 Å². The number of hydrogen-bond acceptors (Lipinski definition) is 5. The quantitative estimate of drug-likeness (QED) is 0.684. The third-order valence-electron chi connectivity index (χ3n) is 5.26. The van der Waals surface area contributed by atoms with E-state index in [0.717, 1.165) is 42.1 Å². The number of ether oxygens (including phenoxy) is 3. The first-order valence-corrected chi connectivity index (χ1v) is 10.5. The molecule has 3 rings (SSSR count). The Kier molecular flexibility index (Phi) is 7.19. The summed E-state index contributed by atoms with van der Waals surface area (Å²) in [7, 11) is 0. The SMILES string of the molecule is CCOC(=O)N1CC[NH+](CC(=O)NCc2cc3c(cc2OCC)C[C@H](C)O3)CC1. The van der Waals surface area contributed by atoms with Crippen molar-refractivity contribution in [2.75, 3.05) is 45.9 Å². The van der Waals surface area contributed by atoms with Gasteiger partial charge in [-0.1, -0.05) is 0 Å². The number of carbonyl (C=O) groups excluding carboxylic acids is 2. The highest BCUT2D eigenvalue weighted by Crippen LogP contribution is 2.35. The summed E-state index contributed by atoms with van der Waals surface area (Å²) < 4.78 is 16.6. The minimum atomic E-state index is -0.271. The fraction of sp³-hybridized carbons (Fsp3) is 0.619. The van der Waals surface area contributed by atoms with Gasteiger partial charge >= 0.3 is 6.09 Å². The van der Waals surface area contributed by atoms with Gasteiger partial charge < -0.3 is 24.4 Å². The molecule has 1 fully saturated rings. The zero-order valence-electron chi connectivity index (χ0n) is 17.6.